The van der Waals surface area contributed by atoms with Gasteiger partial charge in [-0.3, -0.25) is 9.59 Å². The second-order valence-electron chi connectivity index (χ2n) is 7.92. The molecular weight excluding hydrogens is 446 g/mol. The van der Waals surface area contributed by atoms with Crippen LogP contribution in [0.2, 0.25) is 0 Å². The van der Waals surface area contributed by atoms with E-state index in [1.165, 1.54) is 38.4 Å². The number of nitrogens with zero attached hydrogens (tertiary/aromatic N) is 1. The van der Waals surface area contributed by atoms with Crippen molar-refractivity contribution in [2.24, 2.45) is 5.92 Å². The lowest BCUT2D eigenvalue weighted by Crippen LogP contribution is -2.46. The molecule has 9 nitrogen and oxygen atoms in total. The molecule has 178 valence electrons. The van der Waals surface area contributed by atoms with E-state index in [-0.39, 0.29) is 28.8 Å². The molecule has 0 bridgehead atoms. The molecule has 0 spiro atoms. The topological polar surface area (TPSA) is 122 Å². The molecular formula is C23H29N3O6S. The molecule has 0 unspecified atom stereocenters. The molecule has 0 heterocycles. The van der Waals surface area contributed by atoms with Crippen LogP contribution in [0.3, 0.4) is 0 Å². The predicted molar refractivity (Wildman–Crippen MR) is 124 cm³/mol. The Morgan fingerprint density at radius 1 is 0.970 bits per heavy atom. The number of sulfonamides is 1. The zero-order valence-electron chi connectivity index (χ0n) is 19.1. The summed E-state index contributed by atoms with van der Waals surface area (Å²) in [5.41, 5.74) is 1.05. The van der Waals surface area contributed by atoms with E-state index in [1.807, 2.05) is 30.3 Å². The standard InChI is InChI=1S/C23H29N3O6S/c1-16(2)22(25-20(27)13-17-9-6-5-7-10-17)23(29)32-15-21(28)24-18-11-8-12-19(14-18)33(30,31)26(3)4/h5-12,14,16,22H,13,15H2,1-4H3,(H,24,28)(H,25,27)/t22-/m0/s1. The van der Waals surface area contributed by atoms with Crippen LogP contribution in [0.25, 0.3) is 0 Å². The molecule has 0 aliphatic rings. The molecule has 0 saturated heterocycles. The SMILES string of the molecule is CC(C)[C@H](NC(=O)Cc1ccccc1)C(=O)OCC(=O)Nc1cccc(S(=O)(=O)N(C)C)c1. The van der Waals surface area contributed by atoms with Gasteiger partial charge in [0.25, 0.3) is 5.91 Å². The summed E-state index contributed by atoms with van der Waals surface area (Å²) in [6.45, 7) is 2.93. The van der Waals surface area contributed by atoms with Gasteiger partial charge in [-0.1, -0.05) is 50.2 Å². The molecule has 2 N–H and O–H groups in total. The van der Waals surface area contributed by atoms with Crippen LogP contribution in [0.5, 0.6) is 0 Å². The molecule has 0 fully saturated rings. The van der Waals surface area contributed by atoms with Gasteiger partial charge in [0.05, 0.1) is 11.3 Å². The molecule has 2 amide bonds. The molecule has 0 aliphatic carbocycles. The van der Waals surface area contributed by atoms with Crippen molar-refractivity contribution in [3.8, 4) is 0 Å². The number of ether oxygens (including phenoxy) is 1. The lowest BCUT2D eigenvalue weighted by atomic mass is 10.0. The summed E-state index contributed by atoms with van der Waals surface area (Å²) in [6, 6.07) is 13.9. The van der Waals surface area contributed by atoms with Gasteiger partial charge in [0.2, 0.25) is 15.9 Å². The van der Waals surface area contributed by atoms with Crippen LogP contribution in [0.1, 0.15) is 19.4 Å². The van der Waals surface area contributed by atoms with Crippen molar-refractivity contribution in [2.75, 3.05) is 26.0 Å². The van der Waals surface area contributed by atoms with Gasteiger partial charge >= 0.3 is 5.97 Å². The van der Waals surface area contributed by atoms with Crippen molar-refractivity contribution in [2.45, 2.75) is 31.2 Å². The van der Waals surface area contributed by atoms with Crippen LogP contribution in [-0.4, -0.2) is 57.3 Å². The number of benzene rings is 2. The van der Waals surface area contributed by atoms with E-state index in [4.69, 9.17) is 4.74 Å². The van der Waals surface area contributed by atoms with Crippen LogP contribution < -0.4 is 10.6 Å². The number of hydrogen-bond acceptors (Lipinski definition) is 6. The third-order valence-electron chi connectivity index (χ3n) is 4.69. The summed E-state index contributed by atoms with van der Waals surface area (Å²) in [6.07, 6.45) is 0.115. The zero-order chi connectivity index (χ0) is 24.6. The molecule has 0 aliphatic heterocycles. The van der Waals surface area contributed by atoms with E-state index in [0.29, 0.717) is 0 Å². The molecule has 33 heavy (non-hydrogen) atoms. The van der Waals surface area contributed by atoms with Crippen LogP contribution in [0.15, 0.2) is 59.5 Å². The Bertz CT molecular complexity index is 1080. The van der Waals surface area contributed by atoms with Crippen molar-refractivity contribution in [1.82, 2.24) is 9.62 Å². The number of nitrogens with one attached hydrogen (secondary N) is 2. The molecule has 0 aromatic heterocycles. The van der Waals surface area contributed by atoms with Crippen LogP contribution in [0, 0.1) is 5.92 Å². The van der Waals surface area contributed by atoms with Gasteiger partial charge < -0.3 is 15.4 Å². The summed E-state index contributed by atoms with van der Waals surface area (Å²) < 4.78 is 30.6. The average molecular weight is 476 g/mol. The molecule has 2 aromatic carbocycles. The van der Waals surface area contributed by atoms with Crippen LogP contribution >= 0.6 is 0 Å². The van der Waals surface area contributed by atoms with Crippen molar-refractivity contribution in [1.29, 1.82) is 0 Å². The van der Waals surface area contributed by atoms with Gasteiger partial charge in [-0.2, -0.15) is 0 Å². The highest BCUT2D eigenvalue weighted by Gasteiger charge is 2.26. The Hall–Kier alpha value is -3.24. The number of hydrogen-bond donors (Lipinski definition) is 2. The van der Waals surface area contributed by atoms with Crippen molar-refractivity contribution < 1.29 is 27.5 Å². The number of rotatable bonds is 10. The first kappa shape index (κ1) is 26.0. The fourth-order valence-electron chi connectivity index (χ4n) is 2.87. The number of anilines is 1. The third kappa shape index (κ3) is 7.69. The first-order valence-corrected chi connectivity index (χ1v) is 11.8. The predicted octanol–water partition coefficient (Wildman–Crippen LogP) is 1.80. The summed E-state index contributed by atoms with van der Waals surface area (Å²) >= 11 is 0. The molecule has 0 radical (unpaired) electrons. The quantitative estimate of drug-likeness (QED) is 0.506. The van der Waals surface area contributed by atoms with E-state index in [9.17, 15) is 22.8 Å². The molecule has 0 saturated carbocycles. The lowest BCUT2D eigenvalue weighted by Gasteiger charge is -2.21. The first-order valence-electron chi connectivity index (χ1n) is 10.3. The van der Waals surface area contributed by atoms with Gasteiger partial charge in [0.15, 0.2) is 6.61 Å². The van der Waals surface area contributed by atoms with Crippen molar-refractivity contribution >= 4 is 33.5 Å². The van der Waals surface area contributed by atoms with Gasteiger partial charge in [-0.25, -0.2) is 17.5 Å². The van der Waals surface area contributed by atoms with Crippen molar-refractivity contribution in [3.05, 3.63) is 60.2 Å². The molecule has 2 rings (SSSR count). The van der Waals surface area contributed by atoms with Gasteiger partial charge in [-0.15, -0.1) is 0 Å². The minimum absolute atomic E-state index is 0.0169. The van der Waals surface area contributed by atoms with Gasteiger partial charge in [0, 0.05) is 19.8 Å². The minimum atomic E-state index is -3.66. The van der Waals surface area contributed by atoms with Gasteiger partial charge in [-0.05, 0) is 29.7 Å². The number of amides is 2. The highest BCUT2D eigenvalue weighted by Crippen LogP contribution is 2.18. The van der Waals surface area contributed by atoms with Crippen LogP contribution in [0.4, 0.5) is 5.69 Å². The largest absolute Gasteiger partial charge is 0.454 e. The highest BCUT2D eigenvalue weighted by atomic mass is 32.2. The number of carbonyl (C=O) groups excluding carboxylic acids is 3. The second kappa shape index (κ2) is 11.6. The molecule has 10 heteroatoms. The Morgan fingerprint density at radius 3 is 2.24 bits per heavy atom. The minimum Gasteiger partial charge on any atom is -0.454 e. The third-order valence-corrected chi connectivity index (χ3v) is 6.50. The maximum absolute atomic E-state index is 12.5. The number of carbonyl (C=O) groups is 3. The lowest BCUT2D eigenvalue weighted by molar-refractivity contribution is -0.151. The monoisotopic (exact) mass is 475 g/mol. The fourth-order valence-corrected chi connectivity index (χ4v) is 3.82. The van der Waals surface area contributed by atoms with E-state index < -0.39 is 34.5 Å². The average Bonchev–Trinajstić information content (AvgIpc) is 2.76. The molecule has 1 atom stereocenters. The Balaban J connectivity index is 1.93. The highest BCUT2D eigenvalue weighted by molar-refractivity contribution is 7.89. The summed E-state index contributed by atoms with van der Waals surface area (Å²) in [5, 5.41) is 5.16. The zero-order valence-corrected chi connectivity index (χ0v) is 19.9. The molecule has 2 aromatic rings. The van der Waals surface area contributed by atoms with E-state index in [0.717, 1.165) is 9.87 Å². The Morgan fingerprint density at radius 2 is 1.64 bits per heavy atom. The second-order valence-corrected chi connectivity index (χ2v) is 10.1. The van der Waals surface area contributed by atoms with Gasteiger partial charge in [0.1, 0.15) is 6.04 Å². The fraction of sp³-hybridized carbons (Fsp3) is 0.348. The maximum atomic E-state index is 12.5. The summed E-state index contributed by atoms with van der Waals surface area (Å²) in [4.78, 5) is 37.1. The normalized spacial score (nSPS) is 12.3. The smallest absolute Gasteiger partial charge is 0.329 e. The maximum Gasteiger partial charge on any atom is 0.329 e. The Kier molecular flexibility index (Phi) is 9.12. The van der Waals surface area contributed by atoms with E-state index >= 15 is 0 Å². The van der Waals surface area contributed by atoms with E-state index in [1.54, 1.807) is 13.8 Å². The van der Waals surface area contributed by atoms with Crippen LogP contribution in [-0.2, 0) is 35.6 Å². The summed E-state index contributed by atoms with van der Waals surface area (Å²) in [5.74, 6) is -1.96. The van der Waals surface area contributed by atoms with Crippen molar-refractivity contribution in [3.63, 3.8) is 0 Å². The number of esters is 1. The first-order chi connectivity index (χ1) is 15.5. The Labute approximate surface area is 194 Å². The van der Waals surface area contributed by atoms with E-state index in [2.05, 4.69) is 10.6 Å². The summed E-state index contributed by atoms with van der Waals surface area (Å²) in [7, 11) is -0.846.